The highest BCUT2D eigenvalue weighted by Gasteiger charge is 2.21. The molecule has 112 valence electrons. The smallest absolute Gasteiger partial charge is 0.236 e. The lowest BCUT2D eigenvalue weighted by atomic mass is 9.87. The number of nitrogens with zero attached hydrogens (tertiary/aromatic N) is 3. The van der Waals surface area contributed by atoms with E-state index in [0.717, 1.165) is 13.1 Å². The van der Waals surface area contributed by atoms with Crippen LogP contribution in [0.25, 0.3) is 0 Å². The fraction of sp³-hybridized carbons (Fsp3) is 0.529. The molecule has 1 heterocycles. The van der Waals surface area contributed by atoms with Gasteiger partial charge in [0.1, 0.15) is 6.42 Å². The summed E-state index contributed by atoms with van der Waals surface area (Å²) in [6.45, 7) is 9.67. The zero-order valence-electron chi connectivity index (χ0n) is 13.1. The minimum atomic E-state index is -0.0553. The predicted octanol–water partition coefficient (Wildman–Crippen LogP) is 2.55. The van der Waals surface area contributed by atoms with Crippen LogP contribution in [0.15, 0.2) is 24.3 Å². The minimum Gasteiger partial charge on any atom is -0.368 e. The van der Waals surface area contributed by atoms with Gasteiger partial charge in [0.15, 0.2) is 0 Å². The fourth-order valence-electron chi connectivity index (χ4n) is 2.57. The van der Waals surface area contributed by atoms with E-state index in [9.17, 15) is 4.79 Å². The number of benzene rings is 1. The van der Waals surface area contributed by atoms with Crippen molar-refractivity contribution in [1.82, 2.24) is 4.90 Å². The summed E-state index contributed by atoms with van der Waals surface area (Å²) in [6.07, 6.45) is -0.0136. The van der Waals surface area contributed by atoms with Gasteiger partial charge in [-0.25, -0.2) is 0 Å². The molecule has 1 saturated heterocycles. The molecule has 4 nitrogen and oxygen atoms in total. The number of carbonyl (C=O) groups is 1. The molecule has 1 aliphatic rings. The Morgan fingerprint density at radius 2 is 1.71 bits per heavy atom. The van der Waals surface area contributed by atoms with Crippen molar-refractivity contribution >= 4 is 11.6 Å². The average molecular weight is 285 g/mol. The quantitative estimate of drug-likeness (QED) is 0.839. The van der Waals surface area contributed by atoms with E-state index in [2.05, 4.69) is 49.9 Å². The topological polar surface area (TPSA) is 47.3 Å². The Kier molecular flexibility index (Phi) is 4.52. The van der Waals surface area contributed by atoms with Crippen LogP contribution in [0.4, 0.5) is 5.69 Å². The third-order valence-electron chi connectivity index (χ3n) is 3.96. The summed E-state index contributed by atoms with van der Waals surface area (Å²) in [5.74, 6) is -0.0553. The number of hydrogen-bond donors (Lipinski definition) is 0. The number of rotatable bonds is 2. The van der Waals surface area contributed by atoms with Crippen molar-refractivity contribution in [3.8, 4) is 6.07 Å². The first-order valence-electron chi connectivity index (χ1n) is 7.42. The van der Waals surface area contributed by atoms with Gasteiger partial charge in [0.2, 0.25) is 5.91 Å². The minimum absolute atomic E-state index is 0.0136. The number of amides is 1. The number of carbonyl (C=O) groups excluding carboxylic acids is 1. The van der Waals surface area contributed by atoms with Crippen molar-refractivity contribution in [3.63, 3.8) is 0 Å². The second-order valence-electron chi connectivity index (χ2n) is 6.50. The van der Waals surface area contributed by atoms with Crippen molar-refractivity contribution in [2.75, 3.05) is 31.1 Å². The molecule has 21 heavy (non-hydrogen) atoms. The lowest BCUT2D eigenvalue weighted by Gasteiger charge is -2.36. The van der Waals surface area contributed by atoms with E-state index in [0.29, 0.717) is 13.1 Å². The molecule has 4 heteroatoms. The Bertz CT molecular complexity index is 529. The lowest BCUT2D eigenvalue weighted by molar-refractivity contribution is -0.130. The van der Waals surface area contributed by atoms with Gasteiger partial charge < -0.3 is 9.80 Å². The highest BCUT2D eigenvalue weighted by atomic mass is 16.2. The Balaban J connectivity index is 1.97. The summed E-state index contributed by atoms with van der Waals surface area (Å²) in [6, 6.07) is 10.6. The summed E-state index contributed by atoms with van der Waals surface area (Å²) in [5, 5.41) is 8.58. The van der Waals surface area contributed by atoms with Crippen LogP contribution in [0.3, 0.4) is 0 Å². The molecule has 2 rings (SSSR count). The molecule has 0 radical (unpaired) electrons. The van der Waals surface area contributed by atoms with Gasteiger partial charge in [0.25, 0.3) is 0 Å². The zero-order valence-corrected chi connectivity index (χ0v) is 13.1. The van der Waals surface area contributed by atoms with Crippen LogP contribution in [0.2, 0.25) is 0 Å². The number of nitriles is 1. The largest absolute Gasteiger partial charge is 0.368 e. The van der Waals surface area contributed by atoms with Gasteiger partial charge in [0, 0.05) is 31.9 Å². The Morgan fingerprint density at radius 1 is 1.14 bits per heavy atom. The van der Waals surface area contributed by atoms with Gasteiger partial charge >= 0.3 is 0 Å². The fourth-order valence-corrected chi connectivity index (χ4v) is 2.57. The van der Waals surface area contributed by atoms with Crippen LogP contribution >= 0.6 is 0 Å². The predicted molar refractivity (Wildman–Crippen MR) is 84.2 cm³/mol. The molecule has 0 spiro atoms. The standard InChI is InChI=1S/C17H23N3O/c1-17(2,3)14-4-6-15(7-5-14)19-10-12-20(13-11-19)16(21)8-9-18/h4-7H,8,10-13H2,1-3H3. The van der Waals surface area contributed by atoms with Crippen LogP contribution in [-0.2, 0) is 10.2 Å². The van der Waals surface area contributed by atoms with Crippen LogP contribution in [0.5, 0.6) is 0 Å². The molecular formula is C17H23N3O. The van der Waals surface area contributed by atoms with E-state index in [-0.39, 0.29) is 17.7 Å². The highest BCUT2D eigenvalue weighted by Crippen LogP contribution is 2.25. The van der Waals surface area contributed by atoms with E-state index >= 15 is 0 Å². The van der Waals surface area contributed by atoms with Crippen LogP contribution in [-0.4, -0.2) is 37.0 Å². The monoisotopic (exact) mass is 285 g/mol. The van der Waals surface area contributed by atoms with Gasteiger partial charge in [0.05, 0.1) is 6.07 Å². The summed E-state index contributed by atoms with van der Waals surface area (Å²) in [4.78, 5) is 15.8. The first kappa shape index (κ1) is 15.4. The summed E-state index contributed by atoms with van der Waals surface area (Å²) in [5.41, 5.74) is 2.70. The van der Waals surface area contributed by atoms with E-state index in [4.69, 9.17) is 5.26 Å². The molecule has 1 amide bonds. The first-order valence-corrected chi connectivity index (χ1v) is 7.42. The van der Waals surface area contributed by atoms with Crippen molar-refractivity contribution < 1.29 is 4.79 Å². The van der Waals surface area contributed by atoms with Gasteiger partial charge in [-0.15, -0.1) is 0 Å². The molecule has 1 fully saturated rings. The second-order valence-corrected chi connectivity index (χ2v) is 6.50. The highest BCUT2D eigenvalue weighted by molar-refractivity contribution is 5.78. The van der Waals surface area contributed by atoms with Crippen LogP contribution in [0.1, 0.15) is 32.8 Å². The van der Waals surface area contributed by atoms with Gasteiger partial charge in [-0.2, -0.15) is 5.26 Å². The SMILES string of the molecule is CC(C)(C)c1ccc(N2CCN(C(=O)CC#N)CC2)cc1. The van der Waals surface area contributed by atoms with Crippen molar-refractivity contribution in [2.45, 2.75) is 32.6 Å². The normalized spacial score (nSPS) is 15.7. The third-order valence-corrected chi connectivity index (χ3v) is 3.96. The maximum Gasteiger partial charge on any atom is 0.236 e. The summed E-state index contributed by atoms with van der Waals surface area (Å²) in [7, 11) is 0. The number of hydrogen-bond acceptors (Lipinski definition) is 3. The number of piperazine rings is 1. The molecule has 0 atom stereocenters. The molecule has 0 aromatic heterocycles. The molecule has 1 aromatic rings. The Hall–Kier alpha value is -2.02. The van der Waals surface area contributed by atoms with E-state index in [1.165, 1.54) is 11.3 Å². The Labute approximate surface area is 127 Å². The molecule has 1 aromatic carbocycles. The van der Waals surface area contributed by atoms with Crippen molar-refractivity contribution in [1.29, 1.82) is 5.26 Å². The maximum absolute atomic E-state index is 11.7. The lowest BCUT2D eigenvalue weighted by Crippen LogP contribution is -2.48. The summed E-state index contributed by atoms with van der Waals surface area (Å²) >= 11 is 0. The van der Waals surface area contributed by atoms with Gasteiger partial charge in [-0.1, -0.05) is 32.9 Å². The molecular weight excluding hydrogens is 262 g/mol. The number of anilines is 1. The van der Waals surface area contributed by atoms with Gasteiger partial charge in [-0.3, -0.25) is 4.79 Å². The molecule has 1 aliphatic heterocycles. The second kappa shape index (κ2) is 6.17. The Morgan fingerprint density at radius 3 is 2.19 bits per heavy atom. The first-order chi connectivity index (χ1) is 9.91. The molecule has 0 N–H and O–H groups in total. The molecule has 0 unspecified atom stereocenters. The average Bonchev–Trinajstić information content (AvgIpc) is 2.47. The molecule has 0 bridgehead atoms. The zero-order chi connectivity index (χ0) is 15.5. The van der Waals surface area contributed by atoms with Crippen LogP contribution < -0.4 is 4.90 Å². The van der Waals surface area contributed by atoms with Crippen molar-refractivity contribution in [3.05, 3.63) is 29.8 Å². The van der Waals surface area contributed by atoms with E-state index < -0.39 is 0 Å². The summed E-state index contributed by atoms with van der Waals surface area (Å²) < 4.78 is 0. The van der Waals surface area contributed by atoms with Crippen LogP contribution in [0, 0.1) is 11.3 Å². The molecule has 0 saturated carbocycles. The van der Waals surface area contributed by atoms with Gasteiger partial charge in [-0.05, 0) is 23.1 Å². The van der Waals surface area contributed by atoms with E-state index in [1.807, 2.05) is 6.07 Å². The molecule has 0 aliphatic carbocycles. The van der Waals surface area contributed by atoms with Crippen molar-refractivity contribution in [2.24, 2.45) is 0 Å². The maximum atomic E-state index is 11.7. The van der Waals surface area contributed by atoms with E-state index in [1.54, 1.807) is 4.90 Å². The third kappa shape index (κ3) is 3.75.